The van der Waals surface area contributed by atoms with Crippen LogP contribution in [0.4, 0.5) is 15.3 Å². The van der Waals surface area contributed by atoms with Crippen molar-refractivity contribution in [3.8, 4) is 12.1 Å². The monoisotopic (exact) mass is 403 g/mol. The van der Waals surface area contributed by atoms with Crippen molar-refractivity contribution in [2.75, 3.05) is 18.1 Å². The highest BCUT2D eigenvalue weighted by molar-refractivity contribution is 7.88. The number of nitrogens with zero attached hydrogens (tertiary/aromatic N) is 3. The topological polar surface area (TPSA) is 143 Å². The molecule has 0 aliphatic carbocycles. The van der Waals surface area contributed by atoms with Crippen LogP contribution < -0.4 is 10.6 Å². The third-order valence-electron chi connectivity index (χ3n) is 3.53. The predicted molar refractivity (Wildman–Crippen MR) is 104 cm³/mol. The van der Waals surface area contributed by atoms with E-state index in [1.165, 1.54) is 18.2 Å². The van der Waals surface area contributed by atoms with E-state index in [9.17, 15) is 18.0 Å². The molecule has 0 spiro atoms. The molecule has 0 unspecified atom stereocenters. The van der Waals surface area contributed by atoms with Crippen LogP contribution in [0.25, 0.3) is 6.08 Å². The Bertz CT molecular complexity index is 908. The van der Waals surface area contributed by atoms with Crippen molar-refractivity contribution in [2.45, 2.75) is 26.2 Å². The lowest BCUT2D eigenvalue weighted by Gasteiger charge is -2.20. The number of imide groups is 1. The van der Waals surface area contributed by atoms with E-state index in [1.54, 1.807) is 24.3 Å². The van der Waals surface area contributed by atoms with E-state index >= 15 is 0 Å². The summed E-state index contributed by atoms with van der Waals surface area (Å²) in [5.74, 6) is 0. The van der Waals surface area contributed by atoms with E-state index in [2.05, 4.69) is 5.32 Å². The molecule has 9 nitrogen and oxygen atoms in total. The molecule has 4 amide bonds. The van der Waals surface area contributed by atoms with Crippen LogP contribution in [0.2, 0.25) is 0 Å². The number of hydrogen-bond donors (Lipinski definition) is 2. The Kier molecular flexibility index (Phi) is 8.66. The Morgan fingerprint density at radius 1 is 1.14 bits per heavy atom. The molecule has 0 aliphatic rings. The molecule has 0 fully saturated rings. The molecular formula is C18H21N5O4S. The minimum Gasteiger partial charge on any atom is -0.308 e. The van der Waals surface area contributed by atoms with E-state index in [4.69, 9.17) is 10.5 Å². The Morgan fingerprint density at radius 2 is 1.75 bits per heavy atom. The van der Waals surface area contributed by atoms with Crippen LogP contribution in [0, 0.1) is 22.7 Å². The number of benzene rings is 1. The fourth-order valence-corrected chi connectivity index (χ4v) is 2.97. The summed E-state index contributed by atoms with van der Waals surface area (Å²) in [6.45, 7) is 1.94. The summed E-state index contributed by atoms with van der Waals surface area (Å²) in [6.07, 6.45) is 4.40. The number of nitrogens with one attached hydrogen (secondary N) is 2. The first-order chi connectivity index (χ1) is 13.2. The van der Waals surface area contributed by atoms with E-state index in [-0.39, 0.29) is 12.1 Å². The number of allylic oxidation sites excluding steroid dienone is 1. The van der Waals surface area contributed by atoms with Crippen LogP contribution >= 0.6 is 0 Å². The first kappa shape index (κ1) is 22.7. The third-order valence-corrected chi connectivity index (χ3v) is 4.68. The van der Waals surface area contributed by atoms with Gasteiger partial charge in [0, 0.05) is 12.2 Å². The summed E-state index contributed by atoms with van der Waals surface area (Å²) in [4.78, 5) is 24.1. The highest BCUT2D eigenvalue weighted by atomic mass is 32.2. The molecule has 1 aromatic carbocycles. The average molecular weight is 403 g/mol. The van der Waals surface area contributed by atoms with E-state index in [0.29, 0.717) is 22.0 Å². The third kappa shape index (κ3) is 7.48. The maximum absolute atomic E-state index is 12.1. The first-order valence-corrected chi connectivity index (χ1v) is 10.3. The number of urea groups is 2. The summed E-state index contributed by atoms with van der Waals surface area (Å²) in [5, 5.41) is 21.9. The number of hydrogen-bond acceptors (Lipinski definition) is 6. The van der Waals surface area contributed by atoms with Gasteiger partial charge < -0.3 is 5.32 Å². The van der Waals surface area contributed by atoms with Crippen molar-refractivity contribution in [3.05, 3.63) is 35.4 Å². The number of carbonyl (C=O) groups excluding carboxylic acids is 2. The minimum absolute atomic E-state index is 0.00701. The van der Waals surface area contributed by atoms with Gasteiger partial charge in [-0.25, -0.2) is 22.3 Å². The first-order valence-electron chi connectivity index (χ1n) is 8.43. The summed E-state index contributed by atoms with van der Waals surface area (Å²) in [5.41, 5.74) is 0.863. The van der Waals surface area contributed by atoms with Crippen molar-refractivity contribution in [1.82, 2.24) is 9.62 Å². The van der Waals surface area contributed by atoms with Gasteiger partial charge in [-0.15, -0.1) is 0 Å². The van der Waals surface area contributed by atoms with Crippen LogP contribution in [0.5, 0.6) is 0 Å². The Balaban J connectivity index is 2.74. The summed E-state index contributed by atoms with van der Waals surface area (Å²) in [7, 11) is -3.80. The quantitative estimate of drug-likeness (QED) is 0.529. The molecule has 0 aliphatic heterocycles. The van der Waals surface area contributed by atoms with Crippen molar-refractivity contribution < 1.29 is 18.0 Å². The van der Waals surface area contributed by atoms with Crippen molar-refractivity contribution in [2.24, 2.45) is 0 Å². The van der Waals surface area contributed by atoms with Crippen molar-refractivity contribution >= 4 is 33.8 Å². The van der Waals surface area contributed by atoms with Gasteiger partial charge >= 0.3 is 12.1 Å². The molecule has 0 saturated carbocycles. The number of carbonyl (C=O) groups is 2. The largest absolute Gasteiger partial charge is 0.339 e. The second kappa shape index (κ2) is 10.7. The average Bonchev–Trinajstić information content (AvgIpc) is 2.63. The van der Waals surface area contributed by atoms with Gasteiger partial charge in [0.15, 0.2) is 0 Å². The van der Waals surface area contributed by atoms with E-state index < -0.39 is 22.1 Å². The normalized spacial score (nSPS) is 10.1. The van der Waals surface area contributed by atoms with Gasteiger partial charge in [0.2, 0.25) is 10.0 Å². The van der Waals surface area contributed by atoms with Gasteiger partial charge in [-0.3, -0.25) is 5.32 Å². The van der Waals surface area contributed by atoms with Crippen molar-refractivity contribution in [1.29, 1.82) is 10.5 Å². The maximum atomic E-state index is 12.1. The number of nitriles is 2. The molecule has 1 aromatic rings. The van der Waals surface area contributed by atoms with Crippen LogP contribution in [0.15, 0.2) is 29.8 Å². The van der Waals surface area contributed by atoms with Gasteiger partial charge in [-0.05, 0) is 30.2 Å². The molecular weight excluding hydrogens is 382 g/mol. The van der Waals surface area contributed by atoms with Crippen molar-refractivity contribution in [3.63, 3.8) is 0 Å². The zero-order valence-corrected chi connectivity index (χ0v) is 16.4. The molecule has 148 valence electrons. The van der Waals surface area contributed by atoms with Crippen LogP contribution in [-0.2, 0) is 10.0 Å². The van der Waals surface area contributed by atoms with Gasteiger partial charge in [-0.1, -0.05) is 31.9 Å². The SMILES string of the molecule is CCCCCN(C(=O)NC(=O)Nc1ccc(C=C(C#N)C#N)cc1)S(C)(=O)=O. The zero-order chi connectivity index (χ0) is 21.2. The predicted octanol–water partition coefficient (Wildman–Crippen LogP) is 2.81. The fraction of sp³-hybridized carbons (Fsp3) is 0.333. The molecule has 0 radical (unpaired) electrons. The van der Waals surface area contributed by atoms with Crippen LogP contribution in [-0.4, -0.2) is 37.6 Å². The van der Waals surface area contributed by atoms with E-state index in [0.717, 1.165) is 19.1 Å². The standard InChI is InChI=1S/C18H21N5O4S/c1-3-4-5-10-23(28(2,26)27)18(25)22-17(24)21-16-8-6-14(7-9-16)11-15(12-19)13-20/h6-9,11H,3-5,10H2,1-2H3,(H2,21,22,24,25). The number of unbranched alkanes of at least 4 members (excludes halogenated alkanes) is 2. The fourth-order valence-electron chi connectivity index (χ4n) is 2.16. The van der Waals surface area contributed by atoms with Gasteiger partial charge in [0.05, 0.1) is 6.26 Å². The van der Waals surface area contributed by atoms with Gasteiger partial charge in [-0.2, -0.15) is 10.5 Å². The Hall–Kier alpha value is -3.37. The molecule has 2 N–H and O–H groups in total. The lowest BCUT2D eigenvalue weighted by Crippen LogP contribution is -2.47. The molecule has 10 heteroatoms. The molecule has 0 aromatic heterocycles. The molecule has 0 saturated heterocycles. The van der Waals surface area contributed by atoms with Gasteiger partial charge in [0.1, 0.15) is 17.7 Å². The smallest absolute Gasteiger partial charge is 0.308 e. The Morgan fingerprint density at radius 3 is 2.25 bits per heavy atom. The molecule has 28 heavy (non-hydrogen) atoms. The number of anilines is 1. The van der Waals surface area contributed by atoms with Gasteiger partial charge in [0.25, 0.3) is 0 Å². The Labute approximate surface area is 164 Å². The second-order valence-electron chi connectivity index (χ2n) is 5.83. The van der Waals surface area contributed by atoms with Crippen LogP contribution in [0.3, 0.4) is 0 Å². The van der Waals surface area contributed by atoms with E-state index in [1.807, 2.05) is 12.2 Å². The lowest BCUT2D eigenvalue weighted by molar-refractivity contribution is 0.219. The highest BCUT2D eigenvalue weighted by Crippen LogP contribution is 2.12. The number of sulfonamides is 1. The second-order valence-corrected chi connectivity index (χ2v) is 7.74. The molecule has 1 rings (SSSR count). The maximum Gasteiger partial charge on any atom is 0.339 e. The summed E-state index contributed by atoms with van der Waals surface area (Å²) in [6, 6.07) is 7.73. The molecule has 0 bridgehead atoms. The lowest BCUT2D eigenvalue weighted by atomic mass is 10.1. The zero-order valence-electron chi connectivity index (χ0n) is 15.6. The molecule has 0 atom stereocenters. The summed E-state index contributed by atoms with van der Waals surface area (Å²) >= 11 is 0. The highest BCUT2D eigenvalue weighted by Gasteiger charge is 2.24. The summed E-state index contributed by atoms with van der Waals surface area (Å²) < 4.78 is 24.2. The molecule has 0 heterocycles. The number of amides is 4. The number of rotatable bonds is 7. The van der Waals surface area contributed by atoms with Crippen LogP contribution in [0.1, 0.15) is 31.7 Å². The minimum atomic E-state index is -3.80.